The summed E-state index contributed by atoms with van der Waals surface area (Å²) in [6.07, 6.45) is 1.69. The smallest absolute Gasteiger partial charge is 0.192 e. The molecular formula is C4H4INO. The van der Waals surface area contributed by atoms with E-state index in [9.17, 15) is 0 Å². The molecule has 0 fully saturated rings. The topological polar surface area (TPSA) is 26.0 Å². The third kappa shape index (κ3) is 1.15. The Labute approximate surface area is 55.1 Å². The lowest BCUT2D eigenvalue weighted by Crippen LogP contribution is -1.59. The van der Waals surface area contributed by atoms with Crippen molar-refractivity contribution in [2.45, 2.75) is 6.92 Å². The Kier molecular flexibility index (Phi) is 1.32. The van der Waals surface area contributed by atoms with Gasteiger partial charge >= 0.3 is 0 Å². The van der Waals surface area contributed by atoms with E-state index >= 15 is 0 Å². The van der Waals surface area contributed by atoms with Gasteiger partial charge < -0.3 is 4.42 Å². The zero-order valence-corrected chi connectivity index (χ0v) is 5.97. The van der Waals surface area contributed by atoms with Crippen LogP contribution in [0.1, 0.15) is 5.89 Å². The van der Waals surface area contributed by atoms with Crippen LogP contribution in [0.5, 0.6) is 0 Å². The fraction of sp³-hybridized carbons (Fsp3) is 0.250. The minimum atomic E-state index is 0.726. The quantitative estimate of drug-likeness (QED) is 0.606. The first-order valence-corrected chi connectivity index (χ1v) is 2.95. The molecule has 2 nitrogen and oxygen atoms in total. The van der Waals surface area contributed by atoms with Gasteiger partial charge in [-0.1, -0.05) is 0 Å². The lowest BCUT2D eigenvalue weighted by molar-refractivity contribution is 0.496. The predicted molar refractivity (Wildman–Crippen MR) is 34.0 cm³/mol. The second-order valence-corrected chi connectivity index (χ2v) is 2.25. The highest BCUT2D eigenvalue weighted by Gasteiger charge is 1.89. The maximum Gasteiger partial charge on any atom is 0.192 e. The Bertz CT molecular complexity index is 144. The largest absolute Gasteiger partial charge is 0.435 e. The highest BCUT2D eigenvalue weighted by Crippen LogP contribution is 2.03. The summed E-state index contributed by atoms with van der Waals surface area (Å²) < 4.78 is 5.80. The Balaban J connectivity index is 3.04. The molecule has 0 amide bonds. The summed E-state index contributed by atoms with van der Waals surface area (Å²) in [5.41, 5.74) is 0. The van der Waals surface area contributed by atoms with E-state index in [1.807, 2.05) is 6.92 Å². The fourth-order valence-corrected chi connectivity index (χ4v) is 0.793. The van der Waals surface area contributed by atoms with Crippen LogP contribution in [0.15, 0.2) is 10.6 Å². The Morgan fingerprint density at radius 2 is 2.57 bits per heavy atom. The van der Waals surface area contributed by atoms with Gasteiger partial charge in [-0.15, -0.1) is 0 Å². The van der Waals surface area contributed by atoms with E-state index in [0.717, 1.165) is 9.66 Å². The molecule has 1 rings (SSSR count). The van der Waals surface area contributed by atoms with Crippen LogP contribution in [0.4, 0.5) is 0 Å². The molecule has 0 bridgehead atoms. The number of aromatic nitrogens is 1. The van der Waals surface area contributed by atoms with Crippen molar-refractivity contribution in [3.63, 3.8) is 0 Å². The summed E-state index contributed by atoms with van der Waals surface area (Å²) in [6, 6.07) is 0. The monoisotopic (exact) mass is 209 g/mol. The van der Waals surface area contributed by atoms with Crippen LogP contribution in [-0.4, -0.2) is 4.98 Å². The van der Waals surface area contributed by atoms with E-state index in [-0.39, 0.29) is 0 Å². The summed E-state index contributed by atoms with van der Waals surface area (Å²) >= 11 is 2.07. The number of aryl methyl sites for hydroxylation is 1. The van der Waals surface area contributed by atoms with Gasteiger partial charge in [-0.3, -0.25) is 0 Å². The minimum Gasteiger partial charge on any atom is -0.435 e. The van der Waals surface area contributed by atoms with Crippen molar-refractivity contribution in [2.24, 2.45) is 0 Å². The van der Waals surface area contributed by atoms with Gasteiger partial charge in [-0.2, -0.15) is 0 Å². The predicted octanol–water partition coefficient (Wildman–Crippen LogP) is 1.59. The number of halogens is 1. The summed E-state index contributed by atoms with van der Waals surface area (Å²) in [4.78, 5) is 3.84. The Morgan fingerprint density at radius 1 is 1.86 bits per heavy atom. The van der Waals surface area contributed by atoms with Crippen molar-refractivity contribution >= 4 is 22.6 Å². The maximum atomic E-state index is 4.96. The maximum absolute atomic E-state index is 4.96. The molecule has 0 aromatic carbocycles. The number of hydrogen-bond acceptors (Lipinski definition) is 2. The Morgan fingerprint density at radius 3 is 2.71 bits per heavy atom. The number of nitrogens with zero attached hydrogens (tertiary/aromatic N) is 1. The van der Waals surface area contributed by atoms with E-state index in [4.69, 9.17) is 4.42 Å². The molecule has 1 aromatic rings. The first kappa shape index (κ1) is 5.08. The summed E-state index contributed by atoms with van der Waals surface area (Å²) in [7, 11) is 0. The molecule has 0 aliphatic rings. The highest BCUT2D eigenvalue weighted by atomic mass is 127. The molecule has 0 spiro atoms. The minimum absolute atomic E-state index is 0.726. The van der Waals surface area contributed by atoms with Crippen molar-refractivity contribution in [2.75, 3.05) is 0 Å². The lowest BCUT2D eigenvalue weighted by Gasteiger charge is -1.71. The van der Waals surface area contributed by atoms with Gasteiger partial charge in [0, 0.05) is 29.5 Å². The van der Waals surface area contributed by atoms with Crippen molar-refractivity contribution in [3.05, 3.63) is 15.9 Å². The fourth-order valence-electron chi connectivity index (χ4n) is 0.335. The van der Waals surface area contributed by atoms with Crippen molar-refractivity contribution in [1.29, 1.82) is 0 Å². The highest BCUT2D eigenvalue weighted by molar-refractivity contribution is 14.1. The number of oxazole rings is 1. The molecular weight excluding hydrogens is 205 g/mol. The van der Waals surface area contributed by atoms with Gasteiger partial charge in [0.15, 0.2) is 9.66 Å². The van der Waals surface area contributed by atoms with Crippen LogP contribution in [0, 0.1) is 10.7 Å². The molecule has 38 valence electrons. The normalized spacial score (nSPS) is 9.43. The summed E-state index contributed by atoms with van der Waals surface area (Å²) in [6.45, 7) is 1.82. The molecule has 1 aromatic heterocycles. The molecule has 0 N–H and O–H groups in total. The molecule has 0 aliphatic heterocycles. The molecule has 0 saturated carbocycles. The standard InChI is InChI=1S/C4H4INO/c1-3-6-2-4(5)7-3/h2H,1H3. The Hall–Kier alpha value is -0.0600. The molecule has 0 radical (unpaired) electrons. The molecule has 0 aliphatic carbocycles. The van der Waals surface area contributed by atoms with E-state index in [2.05, 4.69) is 27.6 Å². The van der Waals surface area contributed by atoms with Crippen LogP contribution >= 0.6 is 22.6 Å². The SMILES string of the molecule is Cc1ncc(I)o1. The van der Waals surface area contributed by atoms with Gasteiger partial charge in [-0.25, -0.2) is 4.98 Å². The third-order valence-electron chi connectivity index (χ3n) is 0.593. The van der Waals surface area contributed by atoms with Gasteiger partial charge in [0.05, 0.1) is 6.20 Å². The van der Waals surface area contributed by atoms with Gasteiger partial charge in [0.25, 0.3) is 0 Å². The molecule has 7 heavy (non-hydrogen) atoms. The van der Waals surface area contributed by atoms with Gasteiger partial charge in [0.1, 0.15) is 0 Å². The van der Waals surface area contributed by atoms with E-state index in [1.54, 1.807) is 6.20 Å². The number of rotatable bonds is 0. The van der Waals surface area contributed by atoms with Crippen LogP contribution in [0.2, 0.25) is 0 Å². The average molecular weight is 209 g/mol. The van der Waals surface area contributed by atoms with E-state index in [0.29, 0.717) is 0 Å². The third-order valence-corrected chi connectivity index (χ3v) is 1.09. The number of hydrogen-bond donors (Lipinski definition) is 0. The zero-order valence-electron chi connectivity index (χ0n) is 3.81. The molecule has 1 heterocycles. The van der Waals surface area contributed by atoms with Crippen molar-refractivity contribution in [3.8, 4) is 0 Å². The van der Waals surface area contributed by atoms with Crippen LogP contribution in [0.3, 0.4) is 0 Å². The van der Waals surface area contributed by atoms with Crippen molar-refractivity contribution < 1.29 is 4.42 Å². The van der Waals surface area contributed by atoms with E-state index < -0.39 is 0 Å². The summed E-state index contributed by atoms with van der Waals surface area (Å²) in [5.74, 6) is 0.726. The summed E-state index contributed by atoms with van der Waals surface area (Å²) in [5, 5.41) is 0. The van der Waals surface area contributed by atoms with Gasteiger partial charge in [0.2, 0.25) is 0 Å². The molecule has 0 saturated heterocycles. The average Bonchev–Trinajstić information content (AvgIpc) is 1.87. The molecule has 0 unspecified atom stereocenters. The van der Waals surface area contributed by atoms with Crippen LogP contribution < -0.4 is 0 Å². The van der Waals surface area contributed by atoms with Gasteiger partial charge in [-0.05, 0) is 0 Å². The first-order valence-electron chi connectivity index (χ1n) is 1.87. The van der Waals surface area contributed by atoms with Crippen LogP contribution in [-0.2, 0) is 0 Å². The lowest BCUT2D eigenvalue weighted by atomic mass is 10.8. The zero-order chi connectivity index (χ0) is 5.28. The van der Waals surface area contributed by atoms with Crippen molar-refractivity contribution in [1.82, 2.24) is 4.98 Å². The van der Waals surface area contributed by atoms with E-state index in [1.165, 1.54) is 0 Å². The first-order chi connectivity index (χ1) is 3.29. The van der Waals surface area contributed by atoms with Crippen LogP contribution in [0.25, 0.3) is 0 Å². The molecule has 0 atom stereocenters. The second kappa shape index (κ2) is 1.81. The second-order valence-electron chi connectivity index (χ2n) is 1.18. The molecule has 3 heteroatoms.